The maximum Gasteiger partial charge on any atom is 0.0632 e. The molecule has 1 rings (SSSR count). The molecule has 0 aromatic carbocycles. The van der Waals surface area contributed by atoms with Gasteiger partial charge < -0.3 is 0 Å². The average Bonchev–Trinajstić information content (AvgIpc) is 2.31. The Kier molecular flexibility index (Phi) is 3.28. The van der Waals surface area contributed by atoms with Gasteiger partial charge in [0.15, 0.2) is 0 Å². The van der Waals surface area contributed by atoms with Gasteiger partial charge in [-0.2, -0.15) is 17.7 Å². The van der Waals surface area contributed by atoms with Crippen molar-refractivity contribution < 1.29 is 0 Å². The van der Waals surface area contributed by atoms with Crippen LogP contribution in [0.3, 0.4) is 0 Å². The van der Waals surface area contributed by atoms with E-state index < -0.39 is 0 Å². The molecule has 0 unspecified atom stereocenters. The first-order valence-corrected chi connectivity index (χ1v) is 4.54. The molecule has 0 fully saturated rings. The van der Waals surface area contributed by atoms with E-state index in [1.54, 1.807) is 6.20 Å². The number of hydrogen-bond acceptors (Lipinski definition) is 2. The Morgan fingerprint density at radius 3 is 3.00 bits per heavy atom. The third-order valence-electron chi connectivity index (χ3n) is 1.15. The van der Waals surface area contributed by atoms with Crippen LogP contribution >= 0.6 is 28.6 Å². The van der Waals surface area contributed by atoms with Crippen molar-refractivity contribution in [3.05, 3.63) is 16.9 Å². The SMILES string of the molecule is SCCCn1cc(Br)cn1. The van der Waals surface area contributed by atoms with Gasteiger partial charge in [-0.25, -0.2) is 0 Å². The molecule has 0 bridgehead atoms. The molecule has 0 aliphatic carbocycles. The normalized spacial score (nSPS) is 10.2. The van der Waals surface area contributed by atoms with Gasteiger partial charge in [-0.15, -0.1) is 0 Å². The number of thiol groups is 1. The van der Waals surface area contributed by atoms with Crippen molar-refractivity contribution in [3.63, 3.8) is 0 Å². The molecular weight excluding hydrogens is 212 g/mol. The molecule has 1 aromatic rings. The Labute approximate surface area is 74.2 Å². The lowest BCUT2D eigenvalue weighted by atomic mass is 10.5. The molecule has 1 heterocycles. The molecule has 10 heavy (non-hydrogen) atoms. The first-order chi connectivity index (χ1) is 4.83. The molecule has 0 amide bonds. The predicted molar refractivity (Wildman–Crippen MR) is 48.4 cm³/mol. The van der Waals surface area contributed by atoms with Gasteiger partial charge >= 0.3 is 0 Å². The Hall–Kier alpha value is 0.0400. The first kappa shape index (κ1) is 8.14. The van der Waals surface area contributed by atoms with E-state index in [0.29, 0.717) is 0 Å². The monoisotopic (exact) mass is 220 g/mol. The van der Waals surface area contributed by atoms with Gasteiger partial charge in [0.2, 0.25) is 0 Å². The molecule has 0 aliphatic heterocycles. The van der Waals surface area contributed by atoms with Crippen LogP contribution in [0.25, 0.3) is 0 Å². The second kappa shape index (κ2) is 4.03. The lowest BCUT2D eigenvalue weighted by molar-refractivity contribution is 0.606. The van der Waals surface area contributed by atoms with Gasteiger partial charge in [0.25, 0.3) is 0 Å². The lowest BCUT2D eigenvalue weighted by Gasteiger charge is -1.95. The molecule has 0 radical (unpaired) electrons. The van der Waals surface area contributed by atoms with Crippen LogP contribution in [-0.4, -0.2) is 15.5 Å². The largest absolute Gasteiger partial charge is 0.272 e. The summed E-state index contributed by atoms with van der Waals surface area (Å²) < 4.78 is 2.94. The van der Waals surface area contributed by atoms with Crippen molar-refractivity contribution in [2.24, 2.45) is 0 Å². The number of hydrogen-bond donors (Lipinski definition) is 1. The minimum absolute atomic E-state index is 0.914. The van der Waals surface area contributed by atoms with Crippen LogP contribution in [0.2, 0.25) is 0 Å². The highest BCUT2D eigenvalue weighted by atomic mass is 79.9. The van der Waals surface area contributed by atoms with E-state index in [2.05, 4.69) is 33.7 Å². The summed E-state index contributed by atoms with van der Waals surface area (Å²) in [7, 11) is 0. The Morgan fingerprint density at radius 2 is 2.50 bits per heavy atom. The van der Waals surface area contributed by atoms with Crippen LogP contribution in [0.1, 0.15) is 6.42 Å². The van der Waals surface area contributed by atoms with Crippen LogP contribution in [-0.2, 0) is 6.54 Å². The summed E-state index contributed by atoms with van der Waals surface area (Å²) in [5, 5.41) is 4.09. The van der Waals surface area contributed by atoms with Gasteiger partial charge in [-0.3, -0.25) is 4.68 Å². The smallest absolute Gasteiger partial charge is 0.0632 e. The van der Waals surface area contributed by atoms with E-state index in [-0.39, 0.29) is 0 Å². The van der Waals surface area contributed by atoms with Crippen LogP contribution in [0, 0.1) is 0 Å². The van der Waals surface area contributed by atoms with Crippen LogP contribution in [0.5, 0.6) is 0 Å². The highest BCUT2D eigenvalue weighted by Crippen LogP contribution is 2.06. The zero-order chi connectivity index (χ0) is 7.40. The summed E-state index contributed by atoms with van der Waals surface area (Å²) in [5.41, 5.74) is 0. The summed E-state index contributed by atoms with van der Waals surface area (Å²) in [5.74, 6) is 0.914. The zero-order valence-electron chi connectivity index (χ0n) is 5.50. The Balaban J connectivity index is 2.42. The number of aryl methyl sites for hydroxylation is 1. The summed E-state index contributed by atoms with van der Waals surface area (Å²) in [6.45, 7) is 0.953. The van der Waals surface area contributed by atoms with Crippen LogP contribution in [0.4, 0.5) is 0 Å². The molecule has 4 heteroatoms. The van der Waals surface area contributed by atoms with Crippen molar-refractivity contribution in [2.45, 2.75) is 13.0 Å². The van der Waals surface area contributed by atoms with E-state index in [4.69, 9.17) is 0 Å². The van der Waals surface area contributed by atoms with Crippen molar-refractivity contribution in [2.75, 3.05) is 5.75 Å². The maximum absolute atomic E-state index is 4.10. The quantitative estimate of drug-likeness (QED) is 0.772. The van der Waals surface area contributed by atoms with Gasteiger partial charge in [-0.05, 0) is 28.1 Å². The third kappa shape index (κ3) is 2.34. The Bertz CT molecular complexity index is 199. The number of nitrogens with zero attached hydrogens (tertiary/aromatic N) is 2. The van der Waals surface area contributed by atoms with Crippen LogP contribution in [0.15, 0.2) is 16.9 Å². The molecule has 0 aliphatic rings. The van der Waals surface area contributed by atoms with Gasteiger partial charge in [0.1, 0.15) is 0 Å². The molecule has 2 nitrogen and oxygen atoms in total. The van der Waals surface area contributed by atoms with Crippen LogP contribution < -0.4 is 0 Å². The number of aromatic nitrogens is 2. The lowest BCUT2D eigenvalue weighted by Crippen LogP contribution is -1.97. The van der Waals surface area contributed by atoms with Gasteiger partial charge in [-0.1, -0.05) is 0 Å². The minimum Gasteiger partial charge on any atom is -0.272 e. The molecule has 56 valence electrons. The standard InChI is InChI=1S/C6H9BrN2S/c7-6-4-8-9(5-6)2-1-3-10/h4-5,10H,1-3H2. The first-order valence-electron chi connectivity index (χ1n) is 3.12. The van der Waals surface area contributed by atoms with Crippen molar-refractivity contribution in [1.82, 2.24) is 9.78 Å². The second-order valence-electron chi connectivity index (χ2n) is 2.00. The van der Waals surface area contributed by atoms with Gasteiger partial charge in [0, 0.05) is 12.7 Å². The minimum atomic E-state index is 0.914. The summed E-state index contributed by atoms with van der Waals surface area (Å²) in [4.78, 5) is 0. The van der Waals surface area contributed by atoms with Gasteiger partial charge in [0.05, 0.1) is 10.7 Å². The third-order valence-corrected chi connectivity index (χ3v) is 1.87. The number of halogens is 1. The molecule has 0 N–H and O–H groups in total. The van der Waals surface area contributed by atoms with E-state index in [1.165, 1.54) is 0 Å². The second-order valence-corrected chi connectivity index (χ2v) is 3.36. The fourth-order valence-electron chi connectivity index (χ4n) is 0.693. The van der Waals surface area contributed by atoms with Crippen molar-refractivity contribution in [1.29, 1.82) is 0 Å². The summed E-state index contributed by atoms with van der Waals surface area (Å²) >= 11 is 7.43. The predicted octanol–water partition coefficient (Wildman–Crippen LogP) is 1.97. The zero-order valence-corrected chi connectivity index (χ0v) is 7.98. The maximum atomic E-state index is 4.10. The summed E-state index contributed by atoms with van der Waals surface area (Å²) in [6.07, 6.45) is 4.82. The molecular formula is C6H9BrN2S. The summed E-state index contributed by atoms with van der Waals surface area (Å²) in [6, 6.07) is 0. The highest BCUT2D eigenvalue weighted by Gasteiger charge is 1.92. The number of rotatable bonds is 3. The van der Waals surface area contributed by atoms with E-state index in [9.17, 15) is 0 Å². The molecule has 1 aromatic heterocycles. The molecule has 0 atom stereocenters. The molecule has 0 saturated heterocycles. The van der Waals surface area contributed by atoms with E-state index in [1.807, 2.05) is 10.9 Å². The molecule has 0 saturated carbocycles. The molecule has 0 spiro atoms. The van der Waals surface area contributed by atoms with E-state index >= 15 is 0 Å². The Morgan fingerprint density at radius 1 is 1.70 bits per heavy atom. The van der Waals surface area contributed by atoms with E-state index in [0.717, 1.165) is 23.2 Å². The highest BCUT2D eigenvalue weighted by molar-refractivity contribution is 9.10. The van der Waals surface area contributed by atoms with Crippen molar-refractivity contribution >= 4 is 28.6 Å². The fourth-order valence-corrected chi connectivity index (χ4v) is 1.16. The fraction of sp³-hybridized carbons (Fsp3) is 0.500. The topological polar surface area (TPSA) is 17.8 Å². The van der Waals surface area contributed by atoms with Crippen molar-refractivity contribution in [3.8, 4) is 0 Å². The average molecular weight is 221 g/mol.